The summed E-state index contributed by atoms with van der Waals surface area (Å²) < 4.78 is 0. The van der Waals surface area contributed by atoms with Crippen molar-refractivity contribution in [1.82, 2.24) is 15.3 Å². The van der Waals surface area contributed by atoms with E-state index in [1.54, 1.807) is 0 Å². The third-order valence-electron chi connectivity index (χ3n) is 2.98. The molecule has 1 rings (SSSR count). The number of carbonyl (C=O) groups excluding carboxylic acids is 1. The molecule has 6 nitrogen and oxygen atoms in total. The van der Waals surface area contributed by atoms with Crippen molar-refractivity contribution in [2.75, 3.05) is 24.2 Å². The molecule has 0 spiro atoms. The van der Waals surface area contributed by atoms with E-state index in [1.807, 2.05) is 20.9 Å². The summed E-state index contributed by atoms with van der Waals surface area (Å²) in [5.74, 6) is 1.52. The van der Waals surface area contributed by atoms with Gasteiger partial charge in [0.2, 0.25) is 5.91 Å². The smallest absolute Gasteiger partial charge is 0.242 e. The van der Waals surface area contributed by atoms with E-state index in [0.29, 0.717) is 6.54 Å². The van der Waals surface area contributed by atoms with Gasteiger partial charge in [-0.1, -0.05) is 20.3 Å². The van der Waals surface area contributed by atoms with Crippen LogP contribution >= 0.6 is 0 Å². The van der Waals surface area contributed by atoms with Crippen LogP contribution in [0, 0.1) is 0 Å². The molecule has 0 saturated heterocycles. The fraction of sp³-hybridized carbons (Fsp3) is 0.643. The molecule has 1 heterocycles. The molecule has 6 heteroatoms. The molecule has 20 heavy (non-hydrogen) atoms. The molecule has 0 aliphatic heterocycles. The van der Waals surface area contributed by atoms with Crippen LogP contribution in [0.5, 0.6) is 0 Å². The van der Waals surface area contributed by atoms with Crippen molar-refractivity contribution < 1.29 is 4.79 Å². The molecule has 0 radical (unpaired) electrons. The molecule has 1 atom stereocenters. The number of anilines is 2. The molecular weight excluding hydrogens is 254 g/mol. The predicted octanol–water partition coefficient (Wildman–Crippen LogP) is 1.80. The average Bonchev–Trinajstić information content (AvgIpc) is 2.46. The summed E-state index contributed by atoms with van der Waals surface area (Å²) >= 11 is 0. The van der Waals surface area contributed by atoms with Gasteiger partial charge in [-0.3, -0.25) is 4.79 Å². The van der Waals surface area contributed by atoms with E-state index >= 15 is 0 Å². The number of amides is 1. The van der Waals surface area contributed by atoms with Gasteiger partial charge in [0, 0.05) is 19.2 Å². The van der Waals surface area contributed by atoms with Crippen molar-refractivity contribution in [2.24, 2.45) is 0 Å². The second-order valence-corrected chi connectivity index (χ2v) is 4.71. The van der Waals surface area contributed by atoms with E-state index in [0.717, 1.165) is 36.5 Å². The van der Waals surface area contributed by atoms with Gasteiger partial charge >= 0.3 is 0 Å². The number of nitrogens with zero attached hydrogens (tertiary/aromatic N) is 2. The zero-order valence-electron chi connectivity index (χ0n) is 12.8. The fourth-order valence-corrected chi connectivity index (χ4v) is 1.91. The molecule has 0 aromatic carbocycles. The van der Waals surface area contributed by atoms with Crippen LogP contribution in [-0.4, -0.2) is 35.5 Å². The van der Waals surface area contributed by atoms with Crippen LogP contribution in [0.4, 0.5) is 11.6 Å². The number of aromatic nitrogens is 2. The standard InChI is InChI=1S/C14H25N5O/c1-5-7-11-12(15-4)17-9-18-13(11)19-10(3)14(20)16-8-6-2/h9-10H,5-8H2,1-4H3,(H,16,20)(H2,15,17,18,19). The minimum atomic E-state index is -0.322. The van der Waals surface area contributed by atoms with Gasteiger partial charge in [-0.2, -0.15) is 0 Å². The van der Waals surface area contributed by atoms with Gasteiger partial charge in [0.25, 0.3) is 0 Å². The van der Waals surface area contributed by atoms with Crippen LogP contribution in [-0.2, 0) is 11.2 Å². The summed E-state index contributed by atoms with van der Waals surface area (Å²) in [6, 6.07) is -0.322. The van der Waals surface area contributed by atoms with Gasteiger partial charge in [-0.05, 0) is 19.8 Å². The van der Waals surface area contributed by atoms with E-state index in [1.165, 1.54) is 6.33 Å². The molecule has 112 valence electrons. The highest BCUT2D eigenvalue weighted by Crippen LogP contribution is 2.21. The molecular formula is C14H25N5O. The lowest BCUT2D eigenvalue weighted by molar-refractivity contribution is -0.121. The maximum Gasteiger partial charge on any atom is 0.242 e. The lowest BCUT2D eigenvalue weighted by atomic mass is 10.1. The van der Waals surface area contributed by atoms with Crippen molar-refractivity contribution in [2.45, 2.75) is 46.1 Å². The van der Waals surface area contributed by atoms with Crippen LogP contribution in [0.3, 0.4) is 0 Å². The first kappa shape index (κ1) is 16.2. The van der Waals surface area contributed by atoms with Crippen molar-refractivity contribution in [1.29, 1.82) is 0 Å². The Hall–Kier alpha value is -1.85. The predicted molar refractivity (Wildman–Crippen MR) is 82.0 cm³/mol. The van der Waals surface area contributed by atoms with Gasteiger partial charge in [0.15, 0.2) is 0 Å². The first-order valence-corrected chi connectivity index (χ1v) is 7.19. The molecule has 1 amide bonds. The van der Waals surface area contributed by atoms with Crippen LogP contribution in [0.25, 0.3) is 0 Å². The van der Waals surface area contributed by atoms with E-state index in [4.69, 9.17) is 0 Å². The Bertz CT molecular complexity index is 436. The quantitative estimate of drug-likeness (QED) is 0.676. The lowest BCUT2D eigenvalue weighted by Gasteiger charge is -2.18. The van der Waals surface area contributed by atoms with E-state index in [-0.39, 0.29) is 11.9 Å². The highest BCUT2D eigenvalue weighted by Gasteiger charge is 2.16. The lowest BCUT2D eigenvalue weighted by Crippen LogP contribution is -2.38. The zero-order chi connectivity index (χ0) is 15.0. The van der Waals surface area contributed by atoms with Crippen molar-refractivity contribution >= 4 is 17.5 Å². The second kappa shape index (κ2) is 8.35. The zero-order valence-corrected chi connectivity index (χ0v) is 12.8. The molecule has 0 aliphatic carbocycles. The van der Waals surface area contributed by atoms with Crippen LogP contribution in [0.15, 0.2) is 6.33 Å². The SMILES string of the molecule is CCCNC(=O)C(C)Nc1ncnc(NC)c1CCC. The molecule has 3 N–H and O–H groups in total. The van der Waals surface area contributed by atoms with Gasteiger partial charge in [-0.15, -0.1) is 0 Å². The minimum Gasteiger partial charge on any atom is -0.373 e. The number of nitrogens with one attached hydrogen (secondary N) is 3. The van der Waals surface area contributed by atoms with Crippen LogP contribution in [0.2, 0.25) is 0 Å². The summed E-state index contributed by atoms with van der Waals surface area (Å²) in [5.41, 5.74) is 1.02. The number of rotatable bonds is 8. The highest BCUT2D eigenvalue weighted by molar-refractivity contribution is 5.84. The fourth-order valence-electron chi connectivity index (χ4n) is 1.91. The number of carbonyl (C=O) groups is 1. The first-order valence-electron chi connectivity index (χ1n) is 7.19. The molecule has 1 aromatic rings. The molecule has 0 saturated carbocycles. The maximum absolute atomic E-state index is 11.9. The highest BCUT2D eigenvalue weighted by atomic mass is 16.2. The van der Waals surface area contributed by atoms with E-state index in [9.17, 15) is 4.79 Å². The van der Waals surface area contributed by atoms with Gasteiger partial charge in [-0.25, -0.2) is 9.97 Å². The topological polar surface area (TPSA) is 78.9 Å². The second-order valence-electron chi connectivity index (χ2n) is 4.71. The maximum atomic E-state index is 11.9. The Labute approximate surface area is 120 Å². The monoisotopic (exact) mass is 279 g/mol. The summed E-state index contributed by atoms with van der Waals surface area (Å²) in [6.07, 6.45) is 4.29. The Morgan fingerprint density at radius 3 is 2.55 bits per heavy atom. The first-order chi connectivity index (χ1) is 9.63. The Kier molecular flexibility index (Phi) is 6.76. The Morgan fingerprint density at radius 2 is 1.95 bits per heavy atom. The van der Waals surface area contributed by atoms with E-state index < -0.39 is 0 Å². The van der Waals surface area contributed by atoms with Gasteiger partial charge in [0.1, 0.15) is 24.0 Å². The summed E-state index contributed by atoms with van der Waals surface area (Å²) in [6.45, 7) is 6.66. The largest absolute Gasteiger partial charge is 0.373 e. The summed E-state index contributed by atoms with van der Waals surface area (Å²) in [4.78, 5) is 20.4. The number of hydrogen-bond acceptors (Lipinski definition) is 5. The van der Waals surface area contributed by atoms with Crippen molar-refractivity contribution in [3.63, 3.8) is 0 Å². The molecule has 0 fully saturated rings. The normalized spacial score (nSPS) is 11.8. The molecule has 0 aliphatic rings. The summed E-state index contributed by atoms with van der Waals surface area (Å²) in [7, 11) is 1.84. The molecule has 1 unspecified atom stereocenters. The Balaban J connectivity index is 2.82. The average molecular weight is 279 g/mol. The van der Waals surface area contributed by atoms with Gasteiger partial charge < -0.3 is 16.0 Å². The third-order valence-corrected chi connectivity index (χ3v) is 2.98. The third kappa shape index (κ3) is 4.36. The van der Waals surface area contributed by atoms with E-state index in [2.05, 4.69) is 32.8 Å². The van der Waals surface area contributed by atoms with Crippen LogP contribution in [0.1, 0.15) is 39.2 Å². The van der Waals surface area contributed by atoms with Crippen LogP contribution < -0.4 is 16.0 Å². The van der Waals surface area contributed by atoms with Crippen molar-refractivity contribution in [3.05, 3.63) is 11.9 Å². The summed E-state index contributed by atoms with van der Waals surface area (Å²) in [5, 5.41) is 9.11. The molecule has 1 aromatic heterocycles. The minimum absolute atomic E-state index is 0.0149. The Morgan fingerprint density at radius 1 is 1.25 bits per heavy atom. The van der Waals surface area contributed by atoms with Gasteiger partial charge in [0.05, 0.1) is 0 Å². The molecule has 0 bridgehead atoms. The number of hydrogen-bond donors (Lipinski definition) is 3. The van der Waals surface area contributed by atoms with Crippen molar-refractivity contribution in [3.8, 4) is 0 Å².